The zero-order valence-electron chi connectivity index (χ0n) is 11.2. The first kappa shape index (κ1) is 15.4. The van der Waals surface area contributed by atoms with E-state index in [0.717, 1.165) is 12.1 Å². The molecule has 0 spiro atoms. The Morgan fingerprint density at radius 2 is 1.89 bits per heavy atom. The van der Waals surface area contributed by atoms with E-state index >= 15 is 0 Å². The van der Waals surface area contributed by atoms with Crippen LogP contribution in [0.5, 0.6) is 0 Å². The maximum atomic E-state index is 13.7. The molecule has 0 aliphatic heterocycles. The van der Waals surface area contributed by atoms with E-state index in [9.17, 15) is 13.6 Å². The minimum absolute atomic E-state index is 0.0349. The van der Waals surface area contributed by atoms with Gasteiger partial charge in [-0.05, 0) is 31.5 Å². The Kier molecular flexibility index (Phi) is 5.23. The number of carbonyl (C=O) groups is 1. The Bertz CT molecular complexity index is 441. The normalized spacial score (nSPS) is 10.7. The molecule has 0 bridgehead atoms. The lowest BCUT2D eigenvalue weighted by Gasteiger charge is -2.21. The molecule has 0 saturated carbocycles. The molecule has 0 aliphatic rings. The highest BCUT2D eigenvalue weighted by Crippen LogP contribution is 2.24. The van der Waals surface area contributed by atoms with Gasteiger partial charge in [-0.2, -0.15) is 0 Å². The van der Waals surface area contributed by atoms with E-state index in [-0.39, 0.29) is 29.7 Å². The van der Waals surface area contributed by atoms with Crippen LogP contribution in [0.25, 0.3) is 0 Å². The summed E-state index contributed by atoms with van der Waals surface area (Å²) in [7, 11) is 1.43. The number of hydrogen-bond donors (Lipinski definition) is 2. The summed E-state index contributed by atoms with van der Waals surface area (Å²) >= 11 is 0. The quantitative estimate of drug-likeness (QED) is 0.852. The van der Waals surface area contributed by atoms with Crippen LogP contribution in [0.1, 0.15) is 19.4 Å². The summed E-state index contributed by atoms with van der Waals surface area (Å²) in [5.41, 5.74) is -0.130. The molecule has 2 N–H and O–H groups in total. The Balaban J connectivity index is 2.88. The van der Waals surface area contributed by atoms with Crippen LogP contribution in [0.3, 0.4) is 0 Å². The first-order valence-electron chi connectivity index (χ1n) is 5.94. The van der Waals surface area contributed by atoms with Crippen molar-refractivity contribution in [1.82, 2.24) is 5.32 Å². The molecule has 0 aliphatic carbocycles. The van der Waals surface area contributed by atoms with Crippen molar-refractivity contribution in [2.24, 2.45) is 0 Å². The molecular weight excluding hydrogens is 254 g/mol. The Hall–Kier alpha value is -1.69. The largest absolute Gasteiger partial charge is 0.392 e. The summed E-state index contributed by atoms with van der Waals surface area (Å²) in [6.07, 6.45) is 0. The maximum absolute atomic E-state index is 13.7. The highest BCUT2D eigenvalue weighted by molar-refractivity contribution is 5.81. The van der Waals surface area contributed by atoms with E-state index in [4.69, 9.17) is 5.11 Å². The third-order valence-corrected chi connectivity index (χ3v) is 2.47. The van der Waals surface area contributed by atoms with E-state index in [2.05, 4.69) is 5.32 Å². The van der Waals surface area contributed by atoms with Gasteiger partial charge in [-0.3, -0.25) is 4.79 Å². The summed E-state index contributed by atoms with van der Waals surface area (Å²) in [6.45, 7) is 3.01. The van der Waals surface area contributed by atoms with Crippen molar-refractivity contribution in [3.8, 4) is 0 Å². The van der Waals surface area contributed by atoms with Gasteiger partial charge in [0.25, 0.3) is 0 Å². The standard InChI is InChI=1S/C13H18F2N2O2/c1-8(2)16-12(19)6-17(3)13-10(14)4-9(7-18)5-11(13)15/h4-5,8,18H,6-7H2,1-3H3,(H,16,19). The van der Waals surface area contributed by atoms with Crippen LogP contribution in [0, 0.1) is 11.6 Å². The molecule has 19 heavy (non-hydrogen) atoms. The summed E-state index contributed by atoms with van der Waals surface area (Å²) < 4.78 is 27.5. The molecule has 1 aromatic carbocycles. The van der Waals surface area contributed by atoms with Gasteiger partial charge in [0.15, 0.2) is 0 Å². The number of nitrogens with one attached hydrogen (secondary N) is 1. The van der Waals surface area contributed by atoms with Crippen LogP contribution in [0.2, 0.25) is 0 Å². The summed E-state index contributed by atoms with van der Waals surface area (Å²) in [5.74, 6) is -1.92. The summed E-state index contributed by atoms with van der Waals surface area (Å²) in [6, 6.07) is 2.07. The van der Waals surface area contributed by atoms with Crippen molar-refractivity contribution in [2.75, 3.05) is 18.5 Å². The number of rotatable bonds is 5. The van der Waals surface area contributed by atoms with Crippen LogP contribution >= 0.6 is 0 Å². The number of hydrogen-bond acceptors (Lipinski definition) is 3. The van der Waals surface area contributed by atoms with Gasteiger partial charge in [0, 0.05) is 13.1 Å². The molecule has 0 saturated heterocycles. The molecule has 4 nitrogen and oxygen atoms in total. The molecule has 0 aromatic heterocycles. The van der Waals surface area contributed by atoms with Crippen molar-refractivity contribution >= 4 is 11.6 Å². The molecule has 0 unspecified atom stereocenters. The second-order valence-corrected chi connectivity index (χ2v) is 4.64. The number of nitrogens with zero attached hydrogens (tertiary/aromatic N) is 1. The lowest BCUT2D eigenvalue weighted by Crippen LogP contribution is -2.39. The predicted octanol–water partition coefficient (Wildman–Crippen LogP) is 1.42. The number of benzene rings is 1. The van der Waals surface area contributed by atoms with Crippen LogP contribution in [-0.4, -0.2) is 30.6 Å². The minimum Gasteiger partial charge on any atom is -0.392 e. The lowest BCUT2D eigenvalue weighted by atomic mass is 10.2. The number of anilines is 1. The number of halogens is 2. The maximum Gasteiger partial charge on any atom is 0.239 e. The first-order chi connectivity index (χ1) is 8.85. The molecule has 6 heteroatoms. The lowest BCUT2D eigenvalue weighted by molar-refractivity contribution is -0.120. The van der Waals surface area contributed by atoms with Gasteiger partial charge >= 0.3 is 0 Å². The second-order valence-electron chi connectivity index (χ2n) is 4.64. The van der Waals surface area contributed by atoms with E-state index in [1.54, 1.807) is 13.8 Å². The van der Waals surface area contributed by atoms with Gasteiger partial charge in [0.1, 0.15) is 17.3 Å². The SMILES string of the molecule is CC(C)NC(=O)CN(C)c1c(F)cc(CO)cc1F. The molecule has 1 aromatic rings. The number of aliphatic hydroxyl groups is 1. The number of aliphatic hydroxyl groups excluding tert-OH is 1. The van der Waals surface area contributed by atoms with Gasteiger partial charge < -0.3 is 15.3 Å². The topological polar surface area (TPSA) is 52.6 Å². The molecule has 0 radical (unpaired) electrons. The second kappa shape index (κ2) is 6.47. The van der Waals surface area contributed by atoms with Crippen LogP contribution in [-0.2, 0) is 11.4 Å². The molecular formula is C13H18F2N2O2. The van der Waals surface area contributed by atoms with Crippen molar-refractivity contribution in [3.63, 3.8) is 0 Å². The molecule has 106 valence electrons. The third-order valence-electron chi connectivity index (χ3n) is 2.47. The highest BCUT2D eigenvalue weighted by atomic mass is 19.1. The monoisotopic (exact) mass is 272 g/mol. The Morgan fingerprint density at radius 3 is 2.32 bits per heavy atom. The van der Waals surface area contributed by atoms with Crippen LogP contribution in [0.15, 0.2) is 12.1 Å². The van der Waals surface area contributed by atoms with Gasteiger partial charge in [-0.25, -0.2) is 8.78 Å². The van der Waals surface area contributed by atoms with Crippen molar-refractivity contribution in [1.29, 1.82) is 0 Å². The minimum atomic E-state index is -0.802. The number of carbonyl (C=O) groups excluding carboxylic acids is 1. The molecule has 0 atom stereocenters. The third kappa shape index (κ3) is 4.17. The van der Waals surface area contributed by atoms with Crippen molar-refractivity contribution in [3.05, 3.63) is 29.3 Å². The molecule has 1 amide bonds. The summed E-state index contributed by atoms with van der Waals surface area (Å²) in [4.78, 5) is 12.7. The smallest absolute Gasteiger partial charge is 0.239 e. The summed E-state index contributed by atoms with van der Waals surface area (Å²) in [5, 5.41) is 11.5. The fourth-order valence-corrected chi connectivity index (χ4v) is 1.74. The zero-order chi connectivity index (χ0) is 14.6. The van der Waals surface area contributed by atoms with Crippen molar-refractivity contribution < 1.29 is 18.7 Å². The van der Waals surface area contributed by atoms with E-state index in [0.29, 0.717) is 0 Å². The number of likely N-dealkylation sites (N-methyl/N-ethyl adjacent to an activating group) is 1. The van der Waals surface area contributed by atoms with E-state index in [1.165, 1.54) is 11.9 Å². The fraction of sp³-hybridized carbons (Fsp3) is 0.462. The zero-order valence-corrected chi connectivity index (χ0v) is 11.2. The fourth-order valence-electron chi connectivity index (χ4n) is 1.74. The van der Waals surface area contributed by atoms with Gasteiger partial charge in [-0.1, -0.05) is 0 Å². The van der Waals surface area contributed by atoms with Crippen molar-refractivity contribution in [2.45, 2.75) is 26.5 Å². The van der Waals surface area contributed by atoms with E-state index in [1.807, 2.05) is 0 Å². The van der Waals surface area contributed by atoms with Gasteiger partial charge in [-0.15, -0.1) is 0 Å². The van der Waals surface area contributed by atoms with Crippen LogP contribution in [0.4, 0.5) is 14.5 Å². The predicted molar refractivity (Wildman–Crippen MR) is 68.8 cm³/mol. The Labute approximate surface area is 111 Å². The Morgan fingerprint density at radius 1 is 1.37 bits per heavy atom. The average molecular weight is 272 g/mol. The molecule has 0 fully saturated rings. The molecule has 0 heterocycles. The van der Waals surface area contributed by atoms with Crippen LogP contribution < -0.4 is 10.2 Å². The van der Waals surface area contributed by atoms with E-state index < -0.39 is 18.2 Å². The van der Waals surface area contributed by atoms with Gasteiger partial charge in [0.2, 0.25) is 5.91 Å². The first-order valence-corrected chi connectivity index (χ1v) is 5.94. The average Bonchev–Trinajstić information content (AvgIpc) is 2.26. The van der Waals surface area contributed by atoms with Gasteiger partial charge in [0.05, 0.1) is 13.2 Å². The highest BCUT2D eigenvalue weighted by Gasteiger charge is 2.17. The number of amides is 1. The molecule has 1 rings (SSSR count).